The highest BCUT2D eigenvalue weighted by atomic mass is 79.9. The van der Waals surface area contributed by atoms with Gasteiger partial charge >= 0.3 is 0 Å². The number of rotatable bonds is 7. The lowest BCUT2D eigenvalue weighted by Gasteiger charge is -2.05. The van der Waals surface area contributed by atoms with Gasteiger partial charge in [-0.3, -0.25) is 0 Å². The number of nitrogens with one attached hydrogen (secondary N) is 1. The molecule has 0 unspecified atom stereocenters. The molecule has 1 N–H and O–H groups in total. The van der Waals surface area contributed by atoms with Crippen molar-refractivity contribution in [3.63, 3.8) is 0 Å². The van der Waals surface area contributed by atoms with Crippen molar-refractivity contribution in [2.45, 2.75) is 39.7 Å². The van der Waals surface area contributed by atoms with Gasteiger partial charge in [0.2, 0.25) is 0 Å². The normalized spacial score (nSPS) is 11.3. The van der Waals surface area contributed by atoms with Crippen LogP contribution in [0.5, 0.6) is 0 Å². The van der Waals surface area contributed by atoms with Crippen molar-refractivity contribution < 1.29 is 0 Å². The Bertz CT molecular complexity index is 290. The first kappa shape index (κ1) is 14.7. The van der Waals surface area contributed by atoms with Crippen molar-refractivity contribution in [3.05, 3.63) is 19.2 Å². The zero-order chi connectivity index (χ0) is 12.0. The van der Waals surface area contributed by atoms with Gasteiger partial charge in [0.05, 0.1) is 3.79 Å². The van der Waals surface area contributed by atoms with E-state index in [1.807, 2.05) is 0 Å². The molecule has 0 fully saturated rings. The highest BCUT2D eigenvalue weighted by Crippen LogP contribution is 2.32. The van der Waals surface area contributed by atoms with E-state index in [1.165, 1.54) is 27.9 Å². The van der Waals surface area contributed by atoms with Crippen LogP contribution in [0, 0.1) is 5.92 Å². The third-order valence-corrected chi connectivity index (χ3v) is 5.64. The molecule has 16 heavy (non-hydrogen) atoms. The van der Waals surface area contributed by atoms with Crippen LogP contribution in [0.15, 0.2) is 14.3 Å². The third kappa shape index (κ3) is 5.80. The van der Waals surface area contributed by atoms with Gasteiger partial charge in [0.15, 0.2) is 0 Å². The average molecular weight is 369 g/mol. The molecule has 0 saturated carbocycles. The van der Waals surface area contributed by atoms with Gasteiger partial charge in [-0.1, -0.05) is 26.7 Å². The molecular weight excluding hydrogens is 350 g/mol. The van der Waals surface area contributed by atoms with Crippen molar-refractivity contribution in [2.24, 2.45) is 5.92 Å². The Morgan fingerprint density at radius 2 is 2.06 bits per heavy atom. The van der Waals surface area contributed by atoms with Gasteiger partial charge in [-0.2, -0.15) is 0 Å². The number of unbranched alkanes of at least 4 members (excludes halogenated alkanes) is 1. The molecule has 4 heteroatoms. The van der Waals surface area contributed by atoms with E-state index in [0.29, 0.717) is 0 Å². The lowest BCUT2D eigenvalue weighted by atomic mass is 10.1. The summed E-state index contributed by atoms with van der Waals surface area (Å²) in [5.74, 6) is 0.837. The molecule has 0 amide bonds. The second-order valence-corrected chi connectivity index (χ2v) is 7.71. The summed E-state index contributed by atoms with van der Waals surface area (Å²) in [5.41, 5.74) is 0. The van der Waals surface area contributed by atoms with Crippen LogP contribution in [0.2, 0.25) is 0 Å². The summed E-state index contributed by atoms with van der Waals surface area (Å²) in [6.07, 6.45) is 3.96. The Morgan fingerprint density at radius 3 is 2.62 bits per heavy atom. The van der Waals surface area contributed by atoms with Crippen molar-refractivity contribution in [2.75, 3.05) is 6.54 Å². The van der Waals surface area contributed by atoms with Gasteiger partial charge in [-0.25, -0.2) is 0 Å². The summed E-state index contributed by atoms with van der Waals surface area (Å²) in [6.45, 7) is 6.68. The van der Waals surface area contributed by atoms with Crippen molar-refractivity contribution in [1.29, 1.82) is 0 Å². The minimum absolute atomic E-state index is 0.837. The summed E-state index contributed by atoms with van der Waals surface area (Å²) in [7, 11) is 0. The minimum atomic E-state index is 0.837. The third-order valence-electron chi connectivity index (χ3n) is 2.38. The molecule has 0 aliphatic heterocycles. The summed E-state index contributed by atoms with van der Waals surface area (Å²) < 4.78 is 2.35. The Labute approximate surface area is 119 Å². The quantitative estimate of drug-likeness (QED) is 0.653. The molecule has 1 aromatic heterocycles. The number of halogens is 2. The molecule has 0 aromatic carbocycles. The van der Waals surface area contributed by atoms with E-state index in [9.17, 15) is 0 Å². The Balaban J connectivity index is 2.07. The maximum Gasteiger partial charge on any atom is 0.0843 e. The van der Waals surface area contributed by atoms with E-state index in [1.54, 1.807) is 11.3 Å². The Morgan fingerprint density at radius 1 is 1.31 bits per heavy atom. The van der Waals surface area contributed by atoms with Crippen molar-refractivity contribution in [1.82, 2.24) is 5.32 Å². The van der Waals surface area contributed by atoms with Gasteiger partial charge in [-0.15, -0.1) is 11.3 Å². The monoisotopic (exact) mass is 367 g/mol. The van der Waals surface area contributed by atoms with Crippen LogP contribution in [0.1, 0.15) is 38.0 Å². The van der Waals surface area contributed by atoms with E-state index in [0.717, 1.165) is 23.5 Å². The summed E-state index contributed by atoms with van der Waals surface area (Å²) in [6, 6.07) is 2.18. The lowest BCUT2D eigenvalue weighted by molar-refractivity contribution is 0.521. The molecule has 0 atom stereocenters. The Hall–Kier alpha value is 0.620. The maximum absolute atomic E-state index is 3.51. The predicted octanol–water partition coefficient (Wildman–Crippen LogP) is 5.19. The van der Waals surface area contributed by atoms with E-state index >= 15 is 0 Å². The largest absolute Gasteiger partial charge is 0.312 e. The van der Waals surface area contributed by atoms with Crippen LogP contribution in [0.4, 0.5) is 0 Å². The minimum Gasteiger partial charge on any atom is -0.312 e. The predicted molar refractivity (Wildman–Crippen MR) is 80.1 cm³/mol. The zero-order valence-corrected chi connectivity index (χ0v) is 13.8. The first-order chi connectivity index (χ1) is 7.59. The van der Waals surface area contributed by atoms with Gasteiger partial charge in [0.1, 0.15) is 0 Å². The van der Waals surface area contributed by atoms with Gasteiger partial charge in [0, 0.05) is 15.9 Å². The molecule has 0 radical (unpaired) electrons. The van der Waals surface area contributed by atoms with Crippen LogP contribution in [-0.4, -0.2) is 6.54 Å². The number of hydrogen-bond donors (Lipinski definition) is 1. The second-order valence-electron chi connectivity index (χ2n) is 4.40. The van der Waals surface area contributed by atoms with Crippen LogP contribution in [0.3, 0.4) is 0 Å². The first-order valence-corrected chi connectivity index (χ1v) is 8.14. The molecule has 0 aliphatic carbocycles. The molecule has 0 saturated heterocycles. The summed E-state index contributed by atoms with van der Waals surface area (Å²) in [5, 5.41) is 3.48. The standard InChI is InChI=1S/C12H19Br2NS/c1-9(2)5-3-4-6-15-8-10-7-11(13)12(14)16-10/h7,9,15H,3-6,8H2,1-2H3. The highest BCUT2D eigenvalue weighted by Gasteiger charge is 2.03. The van der Waals surface area contributed by atoms with E-state index in [4.69, 9.17) is 0 Å². The average Bonchev–Trinajstić information content (AvgIpc) is 2.52. The number of hydrogen-bond acceptors (Lipinski definition) is 2. The molecule has 1 rings (SSSR count). The fraction of sp³-hybridized carbons (Fsp3) is 0.667. The fourth-order valence-electron chi connectivity index (χ4n) is 1.49. The van der Waals surface area contributed by atoms with E-state index in [2.05, 4.69) is 57.1 Å². The molecule has 0 bridgehead atoms. The smallest absolute Gasteiger partial charge is 0.0843 e. The van der Waals surface area contributed by atoms with Crippen LogP contribution in [0.25, 0.3) is 0 Å². The fourth-order valence-corrected chi connectivity index (χ4v) is 3.64. The van der Waals surface area contributed by atoms with Crippen LogP contribution >= 0.6 is 43.2 Å². The first-order valence-electron chi connectivity index (χ1n) is 5.74. The number of thiophene rings is 1. The van der Waals surface area contributed by atoms with Crippen LogP contribution in [-0.2, 0) is 6.54 Å². The maximum atomic E-state index is 3.51. The summed E-state index contributed by atoms with van der Waals surface area (Å²) in [4.78, 5) is 1.38. The topological polar surface area (TPSA) is 12.0 Å². The Kier molecular flexibility index (Phi) is 7.20. The van der Waals surface area contributed by atoms with E-state index in [-0.39, 0.29) is 0 Å². The zero-order valence-electron chi connectivity index (χ0n) is 9.85. The lowest BCUT2D eigenvalue weighted by Crippen LogP contribution is -2.13. The van der Waals surface area contributed by atoms with Crippen molar-refractivity contribution in [3.8, 4) is 0 Å². The highest BCUT2D eigenvalue weighted by molar-refractivity contribution is 9.13. The molecule has 0 aliphatic rings. The van der Waals surface area contributed by atoms with Crippen LogP contribution < -0.4 is 5.32 Å². The molecule has 1 nitrogen and oxygen atoms in total. The van der Waals surface area contributed by atoms with Gasteiger partial charge < -0.3 is 5.32 Å². The van der Waals surface area contributed by atoms with E-state index < -0.39 is 0 Å². The molecular formula is C12H19Br2NS. The van der Waals surface area contributed by atoms with Gasteiger partial charge in [0.25, 0.3) is 0 Å². The van der Waals surface area contributed by atoms with Crippen molar-refractivity contribution >= 4 is 43.2 Å². The molecule has 1 heterocycles. The molecule has 92 valence electrons. The summed E-state index contributed by atoms with van der Waals surface area (Å²) >= 11 is 8.80. The van der Waals surface area contributed by atoms with Gasteiger partial charge in [-0.05, 0) is 56.8 Å². The molecule has 1 aromatic rings. The SMILES string of the molecule is CC(C)CCCCNCc1cc(Br)c(Br)s1. The molecule has 0 spiro atoms. The second kappa shape index (κ2) is 7.85.